The Morgan fingerprint density at radius 1 is 1.42 bits per heavy atom. The average molecular weight is 291 g/mol. The lowest BCUT2D eigenvalue weighted by Crippen LogP contribution is -2.40. The number of nitrogens with one attached hydrogen (secondary N) is 2. The molecule has 0 aliphatic rings. The molecule has 1 aromatic rings. The Labute approximate surface area is 112 Å². The van der Waals surface area contributed by atoms with Gasteiger partial charge in [-0.1, -0.05) is 11.8 Å². The van der Waals surface area contributed by atoms with Crippen molar-refractivity contribution in [3.05, 3.63) is 21.9 Å². The monoisotopic (exact) mass is 291 g/mol. The van der Waals surface area contributed by atoms with Gasteiger partial charge in [0.1, 0.15) is 6.54 Å². The highest BCUT2D eigenvalue weighted by molar-refractivity contribution is 7.10. The molecule has 4 nitrogen and oxygen atoms in total. The normalized spacial score (nSPS) is 10.5. The van der Waals surface area contributed by atoms with Gasteiger partial charge >= 0.3 is 12.2 Å². The van der Waals surface area contributed by atoms with Crippen molar-refractivity contribution < 1.29 is 18.0 Å². The minimum absolute atomic E-state index is 0.151. The van der Waals surface area contributed by atoms with E-state index in [9.17, 15) is 18.0 Å². The fraction of sp³-hybridized carbons (Fsp3) is 0.364. The molecule has 0 aliphatic carbocycles. The Morgan fingerprint density at radius 3 is 2.79 bits per heavy atom. The Kier molecular flexibility index (Phi) is 5.66. The van der Waals surface area contributed by atoms with E-state index in [1.54, 1.807) is 16.8 Å². The van der Waals surface area contributed by atoms with Crippen LogP contribution in [0.4, 0.5) is 18.0 Å². The molecule has 1 aromatic heterocycles. The number of hydrogen-bond donors (Lipinski definition) is 3. The van der Waals surface area contributed by atoms with E-state index in [-0.39, 0.29) is 13.1 Å². The molecule has 0 aromatic carbocycles. The lowest BCUT2D eigenvalue weighted by molar-refractivity contribution is -0.122. The Morgan fingerprint density at radius 2 is 2.16 bits per heavy atom. The van der Waals surface area contributed by atoms with Crippen LogP contribution in [0.3, 0.4) is 0 Å². The SMILES string of the molecule is NCC#Cc1csc(CNC(=O)NCC(F)(F)F)c1. The summed E-state index contributed by atoms with van der Waals surface area (Å²) >= 11 is 1.36. The Balaban J connectivity index is 2.36. The molecule has 0 fully saturated rings. The van der Waals surface area contributed by atoms with Gasteiger partial charge in [0.05, 0.1) is 13.1 Å². The second kappa shape index (κ2) is 7.01. The molecule has 8 heteroatoms. The van der Waals surface area contributed by atoms with Crippen molar-refractivity contribution in [2.75, 3.05) is 13.1 Å². The highest BCUT2D eigenvalue weighted by Gasteiger charge is 2.27. The van der Waals surface area contributed by atoms with Gasteiger partial charge < -0.3 is 16.4 Å². The lowest BCUT2D eigenvalue weighted by Gasteiger charge is -2.08. The first-order chi connectivity index (χ1) is 8.90. The molecule has 0 aliphatic heterocycles. The van der Waals surface area contributed by atoms with Crippen molar-refractivity contribution in [1.82, 2.24) is 10.6 Å². The first kappa shape index (κ1) is 15.3. The number of carbonyl (C=O) groups excluding carboxylic acids is 1. The number of nitrogens with two attached hydrogens (primary N) is 1. The molecule has 1 heterocycles. The van der Waals surface area contributed by atoms with Crippen molar-refractivity contribution in [2.24, 2.45) is 5.73 Å². The maximum atomic E-state index is 11.8. The molecule has 0 unspecified atom stereocenters. The quantitative estimate of drug-likeness (QED) is 0.737. The van der Waals surface area contributed by atoms with Crippen LogP contribution >= 0.6 is 11.3 Å². The summed E-state index contributed by atoms with van der Waals surface area (Å²) in [7, 11) is 0. The molecule has 0 spiro atoms. The number of carbonyl (C=O) groups is 1. The summed E-state index contributed by atoms with van der Waals surface area (Å²) in [5, 5.41) is 5.83. The highest BCUT2D eigenvalue weighted by atomic mass is 32.1. The molecule has 0 saturated heterocycles. The molecule has 0 radical (unpaired) electrons. The van der Waals surface area contributed by atoms with E-state index in [1.165, 1.54) is 11.3 Å². The predicted molar refractivity (Wildman–Crippen MR) is 66.5 cm³/mol. The van der Waals surface area contributed by atoms with Crippen molar-refractivity contribution >= 4 is 17.4 Å². The highest BCUT2D eigenvalue weighted by Crippen LogP contribution is 2.14. The van der Waals surface area contributed by atoms with Crippen molar-refractivity contribution in [1.29, 1.82) is 0 Å². The van der Waals surface area contributed by atoms with E-state index in [0.29, 0.717) is 0 Å². The molecule has 2 amide bonds. The van der Waals surface area contributed by atoms with Crippen LogP contribution in [0.2, 0.25) is 0 Å². The maximum Gasteiger partial charge on any atom is 0.405 e. The zero-order chi connectivity index (χ0) is 14.3. The molecule has 104 valence electrons. The number of rotatable bonds is 3. The number of hydrogen-bond acceptors (Lipinski definition) is 3. The molecule has 19 heavy (non-hydrogen) atoms. The number of urea groups is 1. The van der Waals surface area contributed by atoms with Crippen molar-refractivity contribution in [3.63, 3.8) is 0 Å². The van der Waals surface area contributed by atoms with Gasteiger partial charge in [-0.15, -0.1) is 11.3 Å². The number of halogens is 3. The van der Waals surface area contributed by atoms with Gasteiger partial charge in [-0.05, 0) is 6.07 Å². The van der Waals surface area contributed by atoms with Crippen LogP contribution in [0.15, 0.2) is 11.4 Å². The second-order valence-electron chi connectivity index (χ2n) is 3.46. The van der Waals surface area contributed by atoms with Gasteiger partial charge in [0.25, 0.3) is 0 Å². The Hall–Kier alpha value is -1.72. The summed E-state index contributed by atoms with van der Waals surface area (Å²) in [5.41, 5.74) is 5.99. The third-order valence-electron chi connectivity index (χ3n) is 1.86. The molecule has 4 N–H and O–H groups in total. The fourth-order valence-electron chi connectivity index (χ4n) is 1.10. The zero-order valence-electron chi connectivity index (χ0n) is 9.80. The largest absolute Gasteiger partial charge is 0.405 e. The molecular weight excluding hydrogens is 279 g/mol. The third-order valence-corrected chi connectivity index (χ3v) is 2.80. The van der Waals surface area contributed by atoms with Crippen LogP contribution in [0.5, 0.6) is 0 Å². The smallest absolute Gasteiger partial charge is 0.333 e. The van der Waals surface area contributed by atoms with E-state index in [0.717, 1.165) is 10.4 Å². The standard InChI is InChI=1S/C11H12F3N3OS/c12-11(13,14)7-17-10(18)16-5-9-4-8(6-19-9)2-1-3-15/h4,6H,3,5,7,15H2,(H2,16,17,18). The molecule has 0 atom stereocenters. The van der Waals surface area contributed by atoms with Crippen LogP contribution in [0.25, 0.3) is 0 Å². The van der Waals surface area contributed by atoms with Crippen LogP contribution < -0.4 is 16.4 Å². The van der Waals surface area contributed by atoms with Gasteiger partial charge in [0, 0.05) is 15.8 Å². The molecule has 1 rings (SSSR count). The first-order valence-electron chi connectivity index (χ1n) is 5.25. The summed E-state index contributed by atoms with van der Waals surface area (Å²) in [6.45, 7) is -0.946. The van der Waals surface area contributed by atoms with Gasteiger partial charge in [0.15, 0.2) is 0 Å². The third kappa shape index (κ3) is 6.69. The predicted octanol–water partition coefficient (Wildman–Crippen LogP) is 1.42. The van der Waals surface area contributed by atoms with Gasteiger partial charge in [-0.25, -0.2) is 4.79 Å². The van der Waals surface area contributed by atoms with Crippen LogP contribution in [0, 0.1) is 11.8 Å². The average Bonchev–Trinajstić information content (AvgIpc) is 2.78. The number of amides is 2. The zero-order valence-corrected chi connectivity index (χ0v) is 10.6. The summed E-state index contributed by atoms with van der Waals surface area (Å²) < 4.78 is 35.5. The number of thiophene rings is 1. The second-order valence-corrected chi connectivity index (χ2v) is 4.45. The Bertz CT molecular complexity index is 487. The summed E-state index contributed by atoms with van der Waals surface area (Å²) in [6, 6.07) is 0.887. The van der Waals surface area contributed by atoms with Crippen LogP contribution in [0.1, 0.15) is 10.4 Å². The summed E-state index contributed by atoms with van der Waals surface area (Å²) in [6.07, 6.45) is -4.41. The van der Waals surface area contributed by atoms with Gasteiger partial charge in [0.2, 0.25) is 0 Å². The lowest BCUT2D eigenvalue weighted by atomic mass is 10.3. The van der Waals surface area contributed by atoms with Crippen LogP contribution in [-0.2, 0) is 6.54 Å². The van der Waals surface area contributed by atoms with Gasteiger partial charge in [-0.3, -0.25) is 0 Å². The topological polar surface area (TPSA) is 67.1 Å². The van der Waals surface area contributed by atoms with Crippen molar-refractivity contribution in [3.8, 4) is 11.8 Å². The maximum absolute atomic E-state index is 11.8. The van der Waals surface area contributed by atoms with Crippen molar-refractivity contribution in [2.45, 2.75) is 12.7 Å². The van der Waals surface area contributed by atoms with E-state index in [2.05, 4.69) is 17.2 Å². The van der Waals surface area contributed by atoms with E-state index < -0.39 is 18.8 Å². The minimum atomic E-state index is -4.41. The van der Waals surface area contributed by atoms with Crippen LogP contribution in [-0.4, -0.2) is 25.3 Å². The van der Waals surface area contributed by atoms with Gasteiger partial charge in [-0.2, -0.15) is 13.2 Å². The minimum Gasteiger partial charge on any atom is -0.333 e. The fourth-order valence-corrected chi connectivity index (χ4v) is 1.86. The summed E-state index contributed by atoms with van der Waals surface area (Å²) in [5.74, 6) is 5.50. The molecule has 0 bridgehead atoms. The molecular formula is C11H12F3N3OS. The number of alkyl halides is 3. The van der Waals surface area contributed by atoms with E-state index in [4.69, 9.17) is 5.73 Å². The molecule has 0 saturated carbocycles. The van der Waals surface area contributed by atoms with E-state index in [1.807, 2.05) is 0 Å². The van der Waals surface area contributed by atoms with E-state index >= 15 is 0 Å². The summed E-state index contributed by atoms with van der Waals surface area (Å²) in [4.78, 5) is 11.9. The first-order valence-corrected chi connectivity index (χ1v) is 6.13.